The van der Waals surface area contributed by atoms with Crippen LogP contribution in [0, 0.1) is 5.92 Å². The van der Waals surface area contributed by atoms with Crippen molar-refractivity contribution < 1.29 is 80.2 Å². The van der Waals surface area contributed by atoms with Crippen LogP contribution in [0.2, 0.25) is 0 Å². The Balaban J connectivity index is 5.22. The van der Waals surface area contributed by atoms with Gasteiger partial charge in [0.2, 0.25) is 0 Å². The molecule has 17 nitrogen and oxygen atoms in total. The smallest absolute Gasteiger partial charge is 0.462 e. The molecule has 0 bridgehead atoms. The van der Waals surface area contributed by atoms with Crippen molar-refractivity contribution in [3.05, 3.63) is 0 Å². The van der Waals surface area contributed by atoms with Gasteiger partial charge >= 0.3 is 39.5 Å². The van der Waals surface area contributed by atoms with E-state index in [-0.39, 0.29) is 25.7 Å². The summed E-state index contributed by atoms with van der Waals surface area (Å²) >= 11 is 0. The average molecular weight is 1520 g/mol. The minimum atomic E-state index is -4.96. The van der Waals surface area contributed by atoms with Gasteiger partial charge in [-0.15, -0.1) is 0 Å². The third kappa shape index (κ3) is 78.2. The summed E-state index contributed by atoms with van der Waals surface area (Å²) in [5.74, 6) is -1.29. The van der Waals surface area contributed by atoms with Crippen LogP contribution in [-0.2, 0) is 65.4 Å². The van der Waals surface area contributed by atoms with Crippen LogP contribution in [0.25, 0.3) is 0 Å². The van der Waals surface area contributed by atoms with Gasteiger partial charge in [-0.05, 0) is 31.6 Å². The molecule has 0 saturated heterocycles. The standard InChI is InChI=1S/C85H166O17P2/c1-6-9-12-15-18-21-24-26-27-28-29-30-31-32-37-41-46-51-56-61-66-71-85(90)102-81(75-96-83(88)69-64-59-54-49-44-40-36-34-33-35-39-43-47-52-57-62-67-78(4)5)77-100-104(93,94)98-73-79(86)72-97-103(91,92)99-76-80(74-95-82(87)68-63-58-53-48-42-23-20-17-14-11-8-3)101-84(89)70-65-60-55-50-45-38-25-22-19-16-13-10-7-2/h78-81,86H,6-77H2,1-5H3,(H,91,92)(H,93,94)/t79-,80+,81+/m0/s1. The number of carbonyl (C=O) groups excluding carboxylic acids is 4. The molecule has 0 radical (unpaired) electrons. The molecule has 0 aromatic heterocycles. The number of aliphatic hydroxyl groups is 1. The lowest BCUT2D eigenvalue weighted by Gasteiger charge is -2.21. The molecule has 2 unspecified atom stereocenters. The predicted octanol–water partition coefficient (Wildman–Crippen LogP) is 26.0. The van der Waals surface area contributed by atoms with Crippen LogP contribution in [0.1, 0.15) is 458 Å². The predicted molar refractivity (Wildman–Crippen MR) is 428 cm³/mol. The molecule has 0 heterocycles. The maximum absolute atomic E-state index is 13.1. The van der Waals surface area contributed by atoms with Crippen LogP contribution in [0.5, 0.6) is 0 Å². The Bertz CT molecular complexity index is 1980. The molecule has 0 amide bonds. The second kappa shape index (κ2) is 77.8. The summed E-state index contributed by atoms with van der Waals surface area (Å²) in [7, 11) is -9.92. The molecule has 0 fully saturated rings. The summed E-state index contributed by atoms with van der Waals surface area (Å²) in [5.41, 5.74) is 0. The first kappa shape index (κ1) is 102. The molecular formula is C85H166O17P2. The lowest BCUT2D eigenvalue weighted by molar-refractivity contribution is -0.161. The van der Waals surface area contributed by atoms with Gasteiger partial charge in [0, 0.05) is 25.7 Å². The average Bonchev–Trinajstić information content (AvgIpc) is 0.903. The molecule has 104 heavy (non-hydrogen) atoms. The zero-order chi connectivity index (χ0) is 76.2. The first-order valence-corrected chi connectivity index (χ1v) is 47.1. The monoisotopic (exact) mass is 1520 g/mol. The largest absolute Gasteiger partial charge is 0.472 e. The molecule has 0 aliphatic carbocycles. The van der Waals surface area contributed by atoms with Crippen molar-refractivity contribution in [2.75, 3.05) is 39.6 Å². The fraction of sp³-hybridized carbons (Fsp3) is 0.953. The lowest BCUT2D eigenvalue weighted by atomic mass is 10.0. The van der Waals surface area contributed by atoms with Crippen molar-refractivity contribution in [3.8, 4) is 0 Å². The fourth-order valence-electron chi connectivity index (χ4n) is 13.3. The van der Waals surface area contributed by atoms with E-state index in [1.54, 1.807) is 0 Å². The molecule has 19 heteroatoms. The van der Waals surface area contributed by atoms with Gasteiger partial charge in [-0.1, -0.05) is 407 Å². The van der Waals surface area contributed by atoms with Crippen LogP contribution >= 0.6 is 15.6 Å². The number of aliphatic hydroxyl groups excluding tert-OH is 1. The number of unbranched alkanes of at least 4 members (excludes halogenated alkanes) is 57. The molecule has 0 aromatic carbocycles. The van der Waals surface area contributed by atoms with Gasteiger partial charge in [0.1, 0.15) is 19.3 Å². The van der Waals surface area contributed by atoms with Gasteiger partial charge in [-0.2, -0.15) is 0 Å². The van der Waals surface area contributed by atoms with Crippen molar-refractivity contribution >= 4 is 39.5 Å². The highest BCUT2D eigenvalue weighted by atomic mass is 31.2. The van der Waals surface area contributed by atoms with Crippen LogP contribution < -0.4 is 0 Å². The Hall–Kier alpha value is -1.94. The summed E-state index contributed by atoms with van der Waals surface area (Å²) in [5, 5.41) is 10.7. The maximum Gasteiger partial charge on any atom is 0.472 e. The molecule has 0 aromatic rings. The van der Waals surface area contributed by atoms with E-state index in [4.69, 9.17) is 37.0 Å². The Morgan fingerprint density at radius 2 is 0.442 bits per heavy atom. The summed E-state index contributed by atoms with van der Waals surface area (Å²) in [6.45, 7) is 7.39. The third-order valence-electron chi connectivity index (χ3n) is 20.0. The van der Waals surface area contributed by atoms with E-state index < -0.39 is 97.5 Å². The van der Waals surface area contributed by atoms with E-state index >= 15 is 0 Å². The Kier molecular flexibility index (Phi) is 76.3. The van der Waals surface area contributed by atoms with Gasteiger partial charge in [0.15, 0.2) is 12.2 Å². The van der Waals surface area contributed by atoms with E-state index in [0.717, 1.165) is 95.8 Å². The minimum Gasteiger partial charge on any atom is -0.462 e. The molecular weight excluding hydrogens is 1350 g/mol. The number of esters is 4. The van der Waals surface area contributed by atoms with Gasteiger partial charge in [0.25, 0.3) is 0 Å². The van der Waals surface area contributed by atoms with Crippen molar-refractivity contribution in [2.45, 2.75) is 477 Å². The van der Waals surface area contributed by atoms with Crippen LogP contribution in [0.3, 0.4) is 0 Å². The summed E-state index contributed by atoms with van der Waals surface area (Å²) in [6.07, 6.45) is 70.8. The molecule has 0 rings (SSSR count). The minimum absolute atomic E-state index is 0.108. The number of carbonyl (C=O) groups is 4. The quantitative estimate of drug-likeness (QED) is 0.0222. The van der Waals surface area contributed by atoms with Crippen molar-refractivity contribution in [1.82, 2.24) is 0 Å². The normalized spacial score (nSPS) is 13.8. The number of ether oxygens (including phenoxy) is 4. The Labute approximate surface area is 638 Å². The van der Waals surface area contributed by atoms with Gasteiger partial charge < -0.3 is 33.8 Å². The van der Waals surface area contributed by atoms with E-state index in [1.165, 1.54) is 283 Å². The van der Waals surface area contributed by atoms with E-state index in [1.807, 2.05) is 0 Å². The number of hydrogen-bond acceptors (Lipinski definition) is 15. The van der Waals surface area contributed by atoms with Gasteiger partial charge in [0.05, 0.1) is 26.4 Å². The van der Waals surface area contributed by atoms with Gasteiger partial charge in [-0.3, -0.25) is 37.3 Å². The van der Waals surface area contributed by atoms with Crippen molar-refractivity contribution in [3.63, 3.8) is 0 Å². The topological polar surface area (TPSA) is 237 Å². The fourth-order valence-corrected chi connectivity index (χ4v) is 14.9. The highest BCUT2D eigenvalue weighted by Gasteiger charge is 2.30. The van der Waals surface area contributed by atoms with Crippen molar-refractivity contribution in [1.29, 1.82) is 0 Å². The molecule has 5 atom stereocenters. The number of rotatable bonds is 85. The van der Waals surface area contributed by atoms with Crippen molar-refractivity contribution in [2.24, 2.45) is 5.92 Å². The van der Waals surface area contributed by atoms with E-state index in [0.29, 0.717) is 25.7 Å². The Morgan fingerprint density at radius 3 is 0.654 bits per heavy atom. The molecule has 0 aliphatic rings. The second-order valence-electron chi connectivity index (χ2n) is 31.1. The number of phosphoric ester groups is 2. The first-order valence-electron chi connectivity index (χ1n) is 44.1. The van der Waals surface area contributed by atoms with E-state index in [2.05, 4.69) is 34.6 Å². The summed E-state index contributed by atoms with van der Waals surface area (Å²) < 4.78 is 68.8. The highest BCUT2D eigenvalue weighted by Crippen LogP contribution is 2.45. The highest BCUT2D eigenvalue weighted by molar-refractivity contribution is 7.47. The van der Waals surface area contributed by atoms with Crippen LogP contribution in [-0.4, -0.2) is 96.7 Å². The molecule has 3 N–H and O–H groups in total. The zero-order valence-corrected chi connectivity index (χ0v) is 70.0. The van der Waals surface area contributed by atoms with Crippen LogP contribution in [0.15, 0.2) is 0 Å². The SMILES string of the molecule is CCCCCCCCCCCCCCCCCCCCCCCC(=O)O[C@H](COC(=O)CCCCCCCCCCCCCCCCCCC(C)C)COP(=O)(O)OC[C@@H](O)COP(=O)(O)OC[C@@H](COC(=O)CCCCCCCCCCCCC)OC(=O)CCCCCCCCCCCCCCC. The number of phosphoric acid groups is 2. The summed E-state index contributed by atoms with van der Waals surface area (Å²) in [6, 6.07) is 0. The Morgan fingerprint density at radius 1 is 0.260 bits per heavy atom. The number of hydrogen-bond donors (Lipinski definition) is 3. The van der Waals surface area contributed by atoms with Gasteiger partial charge in [-0.25, -0.2) is 9.13 Å². The van der Waals surface area contributed by atoms with Crippen LogP contribution in [0.4, 0.5) is 0 Å². The molecule has 0 aliphatic heterocycles. The molecule has 0 spiro atoms. The second-order valence-corrected chi connectivity index (χ2v) is 34.0. The first-order chi connectivity index (χ1) is 50.5. The maximum atomic E-state index is 13.1. The summed E-state index contributed by atoms with van der Waals surface area (Å²) in [4.78, 5) is 73.2. The molecule has 618 valence electrons. The molecule has 0 saturated carbocycles. The van der Waals surface area contributed by atoms with E-state index in [9.17, 15) is 43.2 Å². The third-order valence-corrected chi connectivity index (χ3v) is 21.9. The lowest BCUT2D eigenvalue weighted by Crippen LogP contribution is -2.30. The zero-order valence-electron chi connectivity index (χ0n) is 68.2.